The maximum atomic E-state index is 3.52. The SMILES string of the molecule is CN(C)NC1c2ccccc2CC1(C)C. The highest BCUT2D eigenvalue weighted by atomic mass is 15.5. The molecule has 0 heterocycles. The molecule has 1 aliphatic rings. The van der Waals surface area contributed by atoms with E-state index in [1.165, 1.54) is 11.1 Å². The fourth-order valence-corrected chi connectivity index (χ4v) is 2.49. The first-order valence-electron chi connectivity index (χ1n) is 5.52. The first kappa shape index (κ1) is 10.7. The molecule has 0 spiro atoms. The summed E-state index contributed by atoms with van der Waals surface area (Å²) in [7, 11) is 4.11. The zero-order chi connectivity index (χ0) is 11.1. The van der Waals surface area contributed by atoms with Crippen molar-refractivity contribution in [2.45, 2.75) is 26.3 Å². The molecule has 1 unspecified atom stereocenters. The molecule has 0 bridgehead atoms. The minimum absolute atomic E-state index is 0.300. The van der Waals surface area contributed by atoms with Gasteiger partial charge in [-0.2, -0.15) is 0 Å². The van der Waals surface area contributed by atoms with Gasteiger partial charge >= 0.3 is 0 Å². The van der Waals surface area contributed by atoms with Gasteiger partial charge in [0.05, 0.1) is 6.04 Å². The van der Waals surface area contributed by atoms with E-state index in [2.05, 4.69) is 62.6 Å². The summed E-state index contributed by atoms with van der Waals surface area (Å²) in [6.07, 6.45) is 1.16. The molecule has 1 atom stereocenters. The second kappa shape index (κ2) is 3.62. The van der Waals surface area contributed by atoms with E-state index in [1.54, 1.807) is 0 Å². The number of hydrogen-bond donors (Lipinski definition) is 1. The van der Waals surface area contributed by atoms with Crippen LogP contribution in [0.2, 0.25) is 0 Å². The molecule has 2 heteroatoms. The Bertz CT molecular complexity index is 355. The zero-order valence-corrected chi connectivity index (χ0v) is 10.0. The zero-order valence-electron chi connectivity index (χ0n) is 10.0. The maximum Gasteiger partial charge on any atom is 0.0521 e. The molecule has 0 aliphatic heterocycles. The Balaban J connectivity index is 2.34. The summed E-state index contributed by atoms with van der Waals surface area (Å²) >= 11 is 0. The summed E-state index contributed by atoms with van der Waals surface area (Å²) in [4.78, 5) is 0. The van der Waals surface area contributed by atoms with Gasteiger partial charge in [-0.1, -0.05) is 38.1 Å². The molecule has 0 fully saturated rings. The highest BCUT2D eigenvalue weighted by Crippen LogP contribution is 2.44. The van der Waals surface area contributed by atoms with E-state index in [0.717, 1.165) is 6.42 Å². The Morgan fingerprint density at radius 2 is 1.93 bits per heavy atom. The largest absolute Gasteiger partial charge is 0.250 e. The molecule has 1 N–H and O–H groups in total. The van der Waals surface area contributed by atoms with E-state index in [0.29, 0.717) is 11.5 Å². The molecule has 0 radical (unpaired) electrons. The standard InChI is InChI=1S/C13H20N2/c1-13(2)9-10-7-5-6-8-11(10)12(13)14-15(3)4/h5-8,12,14H,9H2,1-4H3. The normalized spacial score (nSPS) is 23.1. The molecule has 2 nitrogen and oxygen atoms in total. The van der Waals surface area contributed by atoms with Gasteiger partial charge in [0.25, 0.3) is 0 Å². The van der Waals surface area contributed by atoms with E-state index in [-0.39, 0.29) is 0 Å². The van der Waals surface area contributed by atoms with E-state index in [4.69, 9.17) is 0 Å². The van der Waals surface area contributed by atoms with Crippen molar-refractivity contribution in [1.29, 1.82) is 0 Å². The van der Waals surface area contributed by atoms with Crippen LogP contribution in [-0.2, 0) is 6.42 Å². The third-order valence-electron chi connectivity index (χ3n) is 3.18. The van der Waals surface area contributed by atoms with Crippen molar-refractivity contribution in [1.82, 2.24) is 10.4 Å². The Hall–Kier alpha value is -0.860. The van der Waals surface area contributed by atoms with Gasteiger partial charge in [-0.3, -0.25) is 5.01 Å². The van der Waals surface area contributed by atoms with Crippen LogP contribution < -0.4 is 5.43 Å². The Morgan fingerprint density at radius 1 is 1.27 bits per heavy atom. The lowest BCUT2D eigenvalue weighted by atomic mass is 9.86. The first-order valence-corrected chi connectivity index (χ1v) is 5.52. The highest BCUT2D eigenvalue weighted by Gasteiger charge is 2.38. The van der Waals surface area contributed by atoms with Gasteiger partial charge in [0.2, 0.25) is 0 Å². The van der Waals surface area contributed by atoms with Crippen LogP contribution in [-0.4, -0.2) is 19.1 Å². The van der Waals surface area contributed by atoms with Crippen molar-refractivity contribution < 1.29 is 0 Å². The molecule has 1 aliphatic carbocycles. The van der Waals surface area contributed by atoms with E-state index in [1.807, 2.05) is 0 Å². The van der Waals surface area contributed by atoms with Gasteiger partial charge in [-0.15, -0.1) is 0 Å². The smallest absolute Gasteiger partial charge is 0.0521 e. The number of fused-ring (bicyclic) bond motifs is 1. The van der Waals surface area contributed by atoms with Crippen LogP contribution in [0.4, 0.5) is 0 Å². The number of hydrazine groups is 1. The molecule has 1 aromatic carbocycles. The van der Waals surface area contributed by atoms with Gasteiger partial charge in [0, 0.05) is 14.1 Å². The van der Waals surface area contributed by atoms with Crippen LogP contribution in [0, 0.1) is 5.41 Å². The second-order valence-corrected chi connectivity index (χ2v) is 5.32. The van der Waals surface area contributed by atoms with Crippen LogP contribution >= 0.6 is 0 Å². The van der Waals surface area contributed by atoms with Crippen molar-refractivity contribution in [2.75, 3.05) is 14.1 Å². The molecule has 15 heavy (non-hydrogen) atoms. The van der Waals surface area contributed by atoms with Crippen LogP contribution in [0.15, 0.2) is 24.3 Å². The predicted molar refractivity (Wildman–Crippen MR) is 63.5 cm³/mol. The van der Waals surface area contributed by atoms with Gasteiger partial charge in [-0.05, 0) is 23.0 Å². The molecule has 0 saturated carbocycles. The molecular weight excluding hydrogens is 184 g/mol. The lowest BCUT2D eigenvalue weighted by molar-refractivity contribution is 0.158. The molecule has 1 aromatic rings. The summed E-state index contributed by atoms with van der Waals surface area (Å²) in [6, 6.07) is 9.18. The van der Waals surface area contributed by atoms with Crippen molar-refractivity contribution in [3.8, 4) is 0 Å². The van der Waals surface area contributed by atoms with Gasteiger partial charge in [0.1, 0.15) is 0 Å². The third-order valence-corrected chi connectivity index (χ3v) is 3.18. The van der Waals surface area contributed by atoms with Crippen LogP contribution in [0.3, 0.4) is 0 Å². The minimum Gasteiger partial charge on any atom is -0.250 e. The van der Waals surface area contributed by atoms with Gasteiger partial charge in [-0.25, -0.2) is 5.43 Å². The summed E-state index contributed by atoms with van der Waals surface area (Å²) in [5, 5.41) is 2.05. The molecular formula is C13H20N2. The lowest BCUT2D eigenvalue weighted by Gasteiger charge is -2.31. The maximum absolute atomic E-state index is 3.52. The minimum atomic E-state index is 0.300. The Morgan fingerprint density at radius 3 is 2.60 bits per heavy atom. The lowest BCUT2D eigenvalue weighted by Crippen LogP contribution is -2.39. The van der Waals surface area contributed by atoms with Crippen molar-refractivity contribution >= 4 is 0 Å². The number of rotatable bonds is 2. The third kappa shape index (κ3) is 1.92. The summed E-state index contributed by atoms with van der Waals surface area (Å²) in [6.45, 7) is 4.66. The molecule has 0 aromatic heterocycles. The van der Waals surface area contributed by atoms with Crippen molar-refractivity contribution in [3.63, 3.8) is 0 Å². The van der Waals surface area contributed by atoms with Crippen LogP contribution in [0.25, 0.3) is 0 Å². The Labute approximate surface area is 92.3 Å². The first-order chi connectivity index (χ1) is 7.00. The fourth-order valence-electron chi connectivity index (χ4n) is 2.49. The average molecular weight is 204 g/mol. The number of hydrogen-bond acceptors (Lipinski definition) is 2. The second-order valence-electron chi connectivity index (χ2n) is 5.32. The molecule has 82 valence electrons. The Kier molecular flexibility index (Phi) is 2.57. The monoisotopic (exact) mass is 204 g/mol. The quantitative estimate of drug-likeness (QED) is 0.744. The highest BCUT2D eigenvalue weighted by molar-refractivity contribution is 5.37. The fraction of sp³-hybridized carbons (Fsp3) is 0.538. The summed E-state index contributed by atoms with van der Waals surface area (Å²) in [5.41, 5.74) is 6.76. The van der Waals surface area contributed by atoms with E-state index < -0.39 is 0 Å². The van der Waals surface area contributed by atoms with Crippen molar-refractivity contribution in [3.05, 3.63) is 35.4 Å². The van der Waals surface area contributed by atoms with E-state index >= 15 is 0 Å². The summed E-state index contributed by atoms with van der Waals surface area (Å²) < 4.78 is 0. The van der Waals surface area contributed by atoms with Crippen LogP contribution in [0.5, 0.6) is 0 Å². The summed E-state index contributed by atoms with van der Waals surface area (Å²) in [5.74, 6) is 0. The van der Waals surface area contributed by atoms with Crippen LogP contribution in [0.1, 0.15) is 31.0 Å². The van der Waals surface area contributed by atoms with E-state index in [9.17, 15) is 0 Å². The van der Waals surface area contributed by atoms with Gasteiger partial charge in [0.15, 0.2) is 0 Å². The van der Waals surface area contributed by atoms with Gasteiger partial charge < -0.3 is 0 Å². The van der Waals surface area contributed by atoms with Crippen molar-refractivity contribution in [2.24, 2.45) is 5.41 Å². The number of nitrogens with one attached hydrogen (secondary N) is 1. The predicted octanol–water partition coefficient (Wildman–Crippen LogP) is 2.38. The molecule has 0 saturated heterocycles. The number of benzene rings is 1. The molecule has 2 rings (SSSR count). The average Bonchev–Trinajstić information content (AvgIpc) is 2.37. The molecule has 0 amide bonds. The number of nitrogens with zero attached hydrogens (tertiary/aromatic N) is 1. The topological polar surface area (TPSA) is 15.3 Å².